The number of allylic oxidation sites excluding steroid dienone is 2. The molecule has 0 aromatic rings. The fourth-order valence-corrected chi connectivity index (χ4v) is 2.95. The molecule has 2 aliphatic carbocycles. The SMILES string of the molecule is NCCCCCC1CC2C=CC1C2. The minimum Gasteiger partial charge on any atom is -0.330 e. The zero-order valence-electron chi connectivity index (χ0n) is 8.41. The molecule has 0 radical (unpaired) electrons. The molecule has 2 N–H and O–H groups in total. The molecule has 1 heteroatoms. The standard InChI is InChI=1S/C12H21N/c13-7-3-1-2-4-11-8-10-5-6-12(11)9-10/h5-6,10-12H,1-4,7-9,13H2. The molecule has 13 heavy (non-hydrogen) atoms. The average Bonchev–Trinajstić information content (AvgIpc) is 2.73. The lowest BCUT2D eigenvalue weighted by Gasteiger charge is -2.17. The summed E-state index contributed by atoms with van der Waals surface area (Å²) in [5.74, 6) is 2.92. The fraction of sp³-hybridized carbons (Fsp3) is 0.833. The topological polar surface area (TPSA) is 26.0 Å². The second kappa shape index (κ2) is 4.28. The Morgan fingerprint density at radius 2 is 2.00 bits per heavy atom. The molecule has 3 atom stereocenters. The van der Waals surface area contributed by atoms with Crippen molar-refractivity contribution in [2.45, 2.75) is 38.5 Å². The molecule has 3 unspecified atom stereocenters. The van der Waals surface area contributed by atoms with E-state index in [2.05, 4.69) is 12.2 Å². The summed E-state index contributed by atoms with van der Waals surface area (Å²) in [5, 5.41) is 0. The van der Waals surface area contributed by atoms with E-state index in [1.807, 2.05) is 0 Å². The van der Waals surface area contributed by atoms with E-state index >= 15 is 0 Å². The number of unbranched alkanes of at least 4 members (excludes halogenated alkanes) is 2. The third-order valence-corrected chi connectivity index (χ3v) is 3.70. The Bertz CT molecular complexity index is 186. The average molecular weight is 179 g/mol. The fourth-order valence-electron chi connectivity index (χ4n) is 2.95. The molecular formula is C12H21N. The van der Waals surface area contributed by atoms with Gasteiger partial charge in [-0.15, -0.1) is 0 Å². The van der Waals surface area contributed by atoms with E-state index < -0.39 is 0 Å². The van der Waals surface area contributed by atoms with Crippen LogP contribution in [0.4, 0.5) is 0 Å². The molecule has 0 aromatic carbocycles. The van der Waals surface area contributed by atoms with E-state index in [-0.39, 0.29) is 0 Å². The van der Waals surface area contributed by atoms with Crippen LogP contribution < -0.4 is 5.73 Å². The predicted molar refractivity (Wildman–Crippen MR) is 56.4 cm³/mol. The Kier molecular flexibility index (Phi) is 3.05. The highest BCUT2D eigenvalue weighted by Gasteiger charge is 2.34. The third-order valence-electron chi connectivity index (χ3n) is 3.70. The van der Waals surface area contributed by atoms with Crippen molar-refractivity contribution in [3.05, 3.63) is 12.2 Å². The molecule has 1 fully saturated rings. The number of hydrogen-bond acceptors (Lipinski definition) is 1. The van der Waals surface area contributed by atoms with Crippen molar-refractivity contribution in [1.29, 1.82) is 0 Å². The Hall–Kier alpha value is -0.300. The lowest BCUT2D eigenvalue weighted by atomic mass is 9.89. The van der Waals surface area contributed by atoms with Crippen LogP contribution in [-0.4, -0.2) is 6.54 Å². The lowest BCUT2D eigenvalue weighted by molar-refractivity contribution is 0.396. The van der Waals surface area contributed by atoms with Gasteiger partial charge in [-0.2, -0.15) is 0 Å². The number of hydrogen-bond donors (Lipinski definition) is 1. The van der Waals surface area contributed by atoms with Gasteiger partial charge in [0, 0.05) is 0 Å². The summed E-state index contributed by atoms with van der Waals surface area (Å²) in [6.45, 7) is 0.872. The van der Waals surface area contributed by atoms with Crippen LogP contribution in [0.1, 0.15) is 38.5 Å². The minimum absolute atomic E-state index is 0.872. The van der Waals surface area contributed by atoms with Gasteiger partial charge in [0.15, 0.2) is 0 Å². The van der Waals surface area contributed by atoms with E-state index in [1.54, 1.807) is 0 Å². The summed E-state index contributed by atoms with van der Waals surface area (Å²) in [4.78, 5) is 0. The summed E-state index contributed by atoms with van der Waals surface area (Å²) in [6, 6.07) is 0. The first-order valence-corrected chi connectivity index (χ1v) is 5.78. The molecule has 0 aliphatic heterocycles. The number of nitrogens with two attached hydrogens (primary N) is 1. The monoisotopic (exact) mass is 179 g/mol. The van der Waals surface area contributed by atoms with Gasteiger partial charge >= 0.3 is 0 Å². The van der Waals surface area contributed by atoms with Crippen LogP contribution >= 0.6 is 0 Å². The van der Waals surface area contributed by atoms with Gasteiger partial charge in [-0.25, -0.2) is 0 Å². The Labute approximate surface area is 81.4 Å². The van der Waals surface area contributed by atoms with Gasteiger partial charge < -0.3 is 5.73 Å². The maximum Gasteiger partial charge on any atom is -0.00773 e. The van der Waals surface area contributed by atoms with Crippen molar-refractivity contribution in [3.63, 3.8) is 0 Å². The summed E-state index contributed by atoms with van der Waals surface area (Å²) in [7, 11) is 0. The van der Waals surface area contributed by atoms with Gasteiger partial charge in [-0.3, -0.25) is 0 Å². The zero-order valence-corrected chi connectivity index (χ0v) is 8.41. The molecule has 0 aromatic heterocycles. The van der Waals surface area contributed by atoms with Gasteiger partial charge in [0.05, 0.1) is 0 Å². The molecule has 0 heterocycles. The Morgan fingerprint density at radius 3 is 2.62 bits per heavy atom. The van der Waals surface area contributed by atoms with E-state index in [1.165, 1.54) is 38.5 Å². The Balaban J connectivity index is 1.64. The van der Waals surface area contributed by atoms with Crippen molar-refractivity contribution < 1.29 is 0 Å². The quantitative estimate of drug-likeness (QED) is 0.509. The van der Waals surface area contributed by atoms with Crippen molar-refractivity contribution in [1.82, 2.24) is 0 Å². The van der Waals surface area contributed by atoms with Crippen LogP contribution in [0.25, 0.3) is 0 Å². The lowest BCUT2D eigenvalue weighted by Crippen LogP contribution is -2.07. The van der Waals surface area contributed by atoms with Gasteiger partial charge in [-0.05, 0) is 50.0 Å². The highest BCUT2D eigenvalue weighted by molar-refractivity contribution is 5.09. The highest BCUT2D eigenvalue weighted by Crippen LogP contribution is 2.45. The van der Waals surface area contributed by atoms with Crippen LogP contribution in [0.5, 0.6) is 0 Å². The van der Waals surface area contributed by atoms with E-state index in [4.69, 9.17) is 5.73 Å². The first kappa shape index (κ1) is 9.26. The molecule has 74 valence electrons. The van der Waals surface area contributed by atoms with Crippen molar-refractivity contribution in [3.8, 4) is 0 Å². The van der Waals surface area contributed by atoms with Gasteiger partial charge in [0.25, 0.3) is 0 Å². The molecule has 2 rings (SSSR count). The second-order valence-electron chi connectivity index (χ2n) is 4.68. The smallest absolute Gasteiger partial charge is 0.00773 e. The molecular weight excluding hydrogens is 158 g/mol. The molecule has 0 saturated heterocycles. The largest absolute Gasteiger partial charge is 0.330 e. The van der Waals surface area contributed by atoms with Crippen molar-refractivity contribution >= 4 is 0 Å². The van der Waals surface area contributed by atoms with Crippen LogP contribution in [0.15, 0.2) is 12.2 Å². The van der Waals surface area contributed by atoms with Gasteiger partial charge in [0.1, 0.15) is 0 Å². The maximum atomic E-state index is 5.47. The van der Waals surface area contributed by atoms with Crippen LogP contribution in [0.2, 0.25) is 0 Å². The minimum atomic E-state index is 0.872. The number of fused-ring (bicyclic) bond motifs is 2. The summed E-state index contributed by atoms with van der Waals surface area (Å²) in [6.07, 6.45) is 13.2. The number of rotatable bonds is 5. The normalized spacial score (nSPS) is 35.9. The first-order chi connectivity index (χ1) is 6.40. The maximum absolute atomic E-state index is 5.47. The van der Waals surface area contributed by atoms with E-state index in [9.17, 15) is 0 Å². The van der Waals surface area contributed by atoms with Crippen LogP contribution in [-0.2, 0) is 0 Å². The van der Waals surface area contributed by atoms with Gasteiger partial charge in [-0.1, -0.05) is 25.0 Å². The first-order valence-electron chi connectivity index (χ1n) is 5.78. The van der Waals surface area contributed by atoms with Gasteiger partial charge in [0.2, 0.25) is 0 Å². The molecule has 1 saturated carbocycles. The van der Waals surface area contributed by atoms with Crippen molar-refractivity contribution in [2.24, 2.45) is 23.5 Å². The summed E-state index contributed by atoms with van der Waals surface area (Å²) >= 11 is 0. The molecule has 0 spiro atoms. The predicted octanol–water partition coefficient (Wildman–Crippen LogP) is 2.72. The van der Waals surface area contributed by atoms with E-state index in [0.717, 1.165) is 24.3 Å². The summed E-state index contributed by atoms with van der Waals surface area (Å²) < 4.78 is 0. The zero-order chi connectivity index (χ0) is 9.10. The summed E-state index contributed by atoms with van der Waals surface area (Å²) in [5.41, 5.74) is 5.47. The second-order valence-corrected chi connectivity index (χ2v) is 4.68. The van der Waals surface area contributed by atoms with Crippen molar-refractivity contribution in [2.75, 3.05) is 6.54 Å². The molecule has 2 aliphatic rings. The van der Waals surface area contributed by atoms with Crippen LogP contribution in [0, 0.1) is 17.8 Å². The molecule has 2 bridgehead atoms. The third kappa shape index (κ3) is 2.14. The van der Waals surface area contributed by atoms with E-state index in [0.29, 0.717) is 0 Å². The Morgan fingerprint density at radius 1 is 1.08 bits per heavy atom. The highest BCUT2D eigenvalue weighted by atomic mass is 14.5. The van der Waals surface area contributed by atoms with Crippen LogP contribution in [0.3, 0.4) is 0 Å². The molecule has 1 nitrogen and oxygen atoms in total. The molecule has 0 amide bonds.